The summed E-state index contributed by atoms with van der Waals surface area (Å²) in [5, 5.41) is 7.67. The average molecular weight is 478 g/mol. The van der Waals surface area contributed by atoms with E-state index in [0.717, 1.165) is 38.3 Å². The number of nitrogens with zero attached hydrogens (tertiary/aromatic N) is 3. The molecule has 1 saturated heterocycles. The molecule has 34 heavy (non-hydrogen) atoms. The zero-order chi connectivity index (χ0) is 23.8. The number of aromatic nitrogens is 1. The molecule has 1 fully saturated rings. The zero-order valence-corrected chi connectivity index (χ0v) is 20.2. The molecule has 0 saturated carbocycles. The van der Waals surface area contributed by atoms with Gasteiger partial charge >= 0.3 is 11.8 Å². The Morgan fingerprint density at radius 1 is 0.971 bits per heavy atom. The lowest BCUT2D eigenvalue weighted by Crippen LogP contribution is -2.53. The smallest absolute Gasteiger partial charge is 0.309 e. The van der Waals surface area contributed by atoms with E-state index in [1.54, 1.807) is 29.8 Å². The van der Waals surface area contributed by atoms with E-state index in [2.05, 4.69) is 61.1 Å². The molecule has 1 aromatic carbocycles. The number of hydrogen-bond acceptors (Lipinski definition) is 6. The molecule has 0 aliphatic carbocycles. The Labute approximate surface area is 204 Å². The molecule has 3 heterocycles. The fourth-order valence-corrected chi connectivity index (χ4v) is 5.32. The highest BCUT2D eigenvalue weighted by Crippen LogP contribution is 2.29. The Morgan fingerprint density at radius 2 is 1.74 bits per heavy atom. The highest BCUT2D eigenvalue weighted by molar-refractivity contribution is 7.10. The molecule has 0 radical (unpaired) electrons. The summed E-state index contributed by atoms with van der Waals surface area (Å²) in [6.45, 7) is 6.93. The maximum atomic E-state index is 12.6. The summed E-state index contributed by atoms with van der Waals surface area (Å²) in [5.41, 5.74) is 2.17. The van der Waals surface area contributed by atoms with Crippen LogP contribution in [0.1, 0.15) is 29.0 Å². The normalized spacial score (nSPS) is 16.5. The SMILES string of the molecule is CC(NC(=O)C(=O)NCc1cccnc1)C(c1cccs1)N1CCN(Cc2ccccc2)CC1. The summed E-state index contributed by atoms with van der Waals surface area (Å²) in [4.78, 5) is 35.1. The van der Waals surface area contributed by atoms with Gasteiger partial charge in [0.25, 0.3) is 0 Å². The van der Waals surface area contributed by atoms with E-state index in [1.165, 1.54) is 10.4 Å². The van der Waals surface area contributed by atoms with E-state index in [-0.39, 0.29) is 18.6 Å². The first kappa shape index (κ1) is 24.1. The molecule has 1 aliphatic rings. The van der Waals surface area contributed by atoms with Gasteiger partial charge in [-0.2, -0.15) is 0 Å². The topological polar surface area (TPSA) is 77.6 Å². The van der Waals surface area contributed by atoms with Crippen molar-refractivity contribution in [3.63, 3.8) is 0 Å². The van der Waals surface area contributed by atoms with Crippen molar-refractivity contribution in [1.82, 2.24) is 25.4 Å². The molecule has 8 heteroatoms. The largest absolute Gasteiger partial charge is 0.344 e. The van der Waals surface area contributed by atoms with Crippen LogP contribution >= 0.6 is 11.3 Å². The van der Waals surface area contributed by atoms with Crippen LogP contribution in [-0.2, 0) is 22.7 Å². The van der Waals surface area contributed by atoms with Gasteiger partial charge in [0, 0.05) is 62.6 Å². The lowest BCUT2D eigenvalue weighted by atomic mass is 10.0. The number of benzene rings is 1. The molecular formula is C26H31N5O2S. The van der Waals surface area contributed by atoms with Gasteiger partial charge in [-0.25, -0.2) is 0 Å². The Kier molecular flexibility index (Phi) is 8.41. The molecular weight excluding hydrogens is 446 g/mol. The number of carbonyl (C=O) groups excluding carboxylic acids is 2. The van der Waals surface area contributed by atoms with Crippen molar-refractivity contribution in [3.05, 3.63) is 88.4 Å². The number of piperazine rings is 1. The maximum Gasteiger partial charge on any atom is 0.309 e. The van der Waals surface area contributed by atoms with E-state index >= 15 is 0 Å². The summed E-state index contributed by atoms with van der Waals surface area (Å²) >= 11 is 1.69. The lowest BCUT2D eigenvalue weighted by Gasteiger charge is -2.41. The number of pyridine rings is 1. The lowest BCUT2D eigenvalue weighted by molar-refractivity contribution is -0.140. The fourth-order valence-electron chi connectivity index (χ4n) is 4.36. The van der Waals surface area contributed by atoms with Crippen molar-refractivity contribution in [3.8, 4) is 0 Å². The van der Waals surface area contributed by atoms with Crippen LogP contribution < -0.4 is 10.6 Å². The first-order valence-electron chi connectivity index (χ1n) is 11.6. The van der Waals surface area contributed by atoms with Crippen LogP contribution in [0.15, 0.2) is 72.4 Å². The third-order valence-corrected chi connectivity index (χ3v) is 7.04. The first-order chi connectivity index (χ1) is 16.6. The molecule has 4 rings (SSSR count). The van der Waals surface area contributed by atoms with Gasteiger partial charge in [0.2, 0.25) is 0 Å². The number of nitrogens with one attached hydrogen (secondary N) is 2. The highest BCUT2D eigenvalue weighted by Gasteiger charge is 2.31. The van der Waals surface area contributed by atoms with Crippen molar-refractivity contribution in [2.75, 3.05) is 26.2 Å². The fraction of sp³-hybridized carbons (Fsp3) is 0.346. The predicted octanol–water partition coefficient (Wildman–Crippen LogP) is 2.82. The van der Waals surface area contributed by atoms with Gasteiger partial charge in [-0.05, 0) is 35.6 Å². The van der Waals surface area contributed by atoms with Crippen molar-refractivity contribution < 1.29 is 9.59 Å². The Morgan fingerprint density at radius 3 is 2.41 bits per heavy atom. The summed E-state index contributed by atoms with van der Waals surface area (Å²) in [7, 11) is 0. The van der Waals surface area contributed by atoms with Crippen LogP contribution in [-0.4, -0.2) is 58.8 Å². The van der Waals surface area contributed by atoms with Crippen molar-refractivity contribution in [1.29, 1.82) is 0 Å². The maximum absolute atomic E-state index is 12.6. The molecule has 178 valence electrons. The zero-order valence-electron chi connectivity index (χ0n) is 19.4. The molecule has 2 amide bonds. The molecule has 3 aromatic rings. The highest BCUT2D eigenvalue weighted by atomic mass is 32.1. The third kappa shape index (κ3) is 6.50. The Balaban J connectivity index is 1.34. The van der Waals surface area contributed by atoms with Gasteiger partial charge in [-0.1, -0.05) is 42.5 Å². The quantitative estimate of drug-likeness (QED) is 0.488. The van der Waals surface area contributed by atoms with E-state index in [1.807, 2.05) is 25.1 Å². The molecule has 2 aromatic heterocycles. The summed E-state index contributed by atoms with van der Waals surface area (Å²) < 4.78 is 0. The minimum atomic E-state index is -0.631. The molecule has 0 bridgehead atoms. The van der Waals surface area contributed by atoms with Crippen LogP contribution in [0.2, 0.25) is 0 Å². The number of amides is 2. The molecule has 7 nitrogen and oxygen atoms in total. The van der Waals surface area contributed by atoms with Gasteiger partial charge in [0.15, 0.2) is 0 Å². The van der Waals surface area contributed by atoms with Crippen LogP contribution in [0.25, 0.3) is 0 Å². The number of hydrogen-bond donors (Lipinski definition) is 2. The molecule has 0 spiro atoms. The molecule has 2 N–H and O–H groups in total. The third-order valence-electron chi connectivity index (χ3n) is 6.10. The summed E-state index contributed by atoms with van der Waals surface area (Å²) in [5.74, 6) is -1.24. The summed E-state index contributed by atoms with van der Waals surface area (Å²) in [6.07, 6.45) is 3.34. The number of thiophene rings is 1. The van der Waals surface area contributed by atoms with E-state index < -0.39 is 11.8 Å². The molecule has 2 unspecified atom stereocenters. The van der Waals surface area contributed by atoms with Gasteiger partial charge in [0.1, 0.15) is 0 Å². The Hall–Kier alpha value is -3.07. The standard InChI is InChI=1S/C26H31N5O2S/c1-20(29-26(33)25(32)28-18-22-9-5-11-27-17-22)24(23-10-6-16-34-23)31-14-12-30(13-15-31)19-21-7-3-2-4-8-21/h2-11,16-17,20,24H,12-15,18-19H2,1H3,(H,28,32)(H,29,33). The van der Waals surface area contributed by atoms with Crippen molar-refractivity contribution in [2.24, 2.45) is 0 Å². The van der Waals surface area contributed by atoms with Crippen LogP contribution in [0.4, 0.5) is 0 Å². The van der Waals surface area contributed by atoms with E-state index in [4.69, 9.17) is 0 Å². The Bertz CT molecular complexity index is 1040. The minimum absolute atomic E-state index is 0.0222. The second kappa shape index (κ2) is 11.9. The van der Waals surface area contributed by atoms with Crippen molar-refractivity contribution >= 4 is 23.2 Å². The van der Waals surface area contributed by atoms with Crippen LogP contribution in [0, 0.1) is 0 Å². The number of rotatable bonds is 8. The van der Waals surface area contributed by atoms with Crippen LogP contribution in [0.3, 0.4) is 0 Å². The molecule has 2 atom stereocenters. The second-order valence-electron chi connectivity index (χ2n) is 8.56. The first-order valence-corrected chi connectivity index (χ1v) is 12.5. The van der Waals surface area contributed by atoms with Crippen LogP contribution in [0.5, 0.6) is 0 Å². The minimum Gasteiger partial charge on any atom is -0.344 e. The molecule has 1 aliphatic heterocycles. The predicted molar refractivity (Wildman–Crippen MR) is 134 cm³/mol. The van der Waals surface area contributed by atoms with Gasteiger partial charge < -0.3 is 10.6 Å². The van der Waals surface area contributed by atoms with E-state index in [9.17, 15) is 9.59 Å². The van der Waals surface area contributed by atoms with Gasteiger partial charge in [-0.15, -0.1) is 11.3 Å². The van der Waals surface area contributed by atoms with Gasteiger partial charge in [-0.3, -0.25) is 24.4 Å². The average Bonchev–Trinajstić information content (AvgIpc) is 3.39. The monoisotopic (exact) mass is 477 g/mol. The van der Waals surface area contributed by atoms with E-state index in [0.29, 0.717) is 0 Å². The van der Waals surface area contributed by atoms with Gasteiger partial charge in [0.05, 0.1) is 6.04 Å². The van der Waals surface area contributed by atoms with Crippen molar-refractivity contribution in [2.45, 2.75) is 32.1 Å². The summed E-state index contributed by atoms with van der Waals surface area (Å²) in [6, 6.07) is 18.1. The second-order valence-corrected chi connectivity index (χ2v) is 9.54. The number of carbonyl (C=O) groups is 2.